The molecule has 0 spiro atoms. The van der Waals surface area contributed by atoms with Gasteiger partial charge in [0.05, 0.1) is 61.2 Å². The van der Waals surface area contributed by atoms with Crippen molar-refractivity contribution in [2.75, 3.05) is 24.9 Å². The van der Waals surface area contributed by atoms with Gasteiger partial charge in [0, 0.05) is 35.9 Å². The second kappa shape index (κ2) is 17.8. The number of benzene rings is 2. The molecule has 336 valence electrons. The lowest BCUT2D eigenvalue weighted by atomic mass is 10.1. The Morgan fingerprint density at radius 2 is 1.06 bits per heavy atom. The Hall–Kier alpha value is -8.10. The molecule has 0 aliphatic carbocycles. The van der Waals surface area contributed by atoms with Gasteiger partial charge in [-0.1, -0.05) is 12.1 Å². The summed E-state index contributed by atoms with van der Waals surface area (Å²) in [4.78, 5) is 39.0. The second-order valence-corrected chi connectivity index (χ2v) is 15.5. The predicted molar refractivity (Wildman–Crippen MR) is 241 cm³/mol. The van der Waals surface area contributed by atoms with Crippen LogP contribution in [0.1, 0.15) is 73.4 Å². The van der Waals surface area contributed by atoms with Gasteiger partial charge in [-0.05, 0) is 100 Å². The number of halogens is 2. The molecule has 10 rings (SSSR count). The summed E-state index contributed by atoms with van der Waals surface area (Å²) < 4.78 is 41.7. The molecule has 4 atom stereocenters. The first-order chi connectivity index (χ1) is 31.9. The fraction of sp³-hybridized carbons (Fsp3) is 0.217. The number of hydroxylamine groups is 2. The van der Waals surface area contributed by atoms with E-state index in [-0.39, 0.29) is 23.7 Å². The SMILES string of the molecule is COc1ccc(F)cc1[C@@H](C)Nc1ccn2ncc(C3=N[C@@](C)(c4ccccn4)ON3)c2n1.COc1ccc(F)cc1[C@@H](C)Nc1ccn2ncc(C3=N[C@](C)(c4ccccn4)ON3)c2n1. The Balaban J connectivity index is 0.000000166. The van der Waals surface area contributed by atoms with Gasteiger partial charge in [0.15, 0.2) is 23.0 Å². The fourth-order valence-electron chi connectivity index (χ4n) is 7.46. The van der Waals surface area contributed by atoms with Crippen LogP contribution in [-0.2, 0) is 21.1 Å². The van der Waals surface area contributed by atoms with Crippen molar-refractivity contribution >= 4 is 34.6 Å². The lowest BCUT2D eigenvalue weighted by Crippen LogP contribution is -2.25. The molecule has 2 aliphatic heterocycles. The molecule has 0 saturated carbocycles. The molecule has 0 saturated heterocycles. The van der Waals surface area contributed by atoms with E-state index in [1.807, 2.05) is 64.1 Å². The minimum absolute atomic E-state index is 0.255. The molecule has 4 N–H and O–H groups in total. The molecule has 2 aliphatic rings. The summed E-state index contributed by atoms with van der Waals surface area (Å²) in [5.41, 5.74) is 9.08. The van der Waals surface area contributed by atoms with Crippen LogP contribution in [0.5, 0.6) is 11.5 Å². The number of pyridine rings is 2. The number of amidine groups is 2. The van der Waals surface area contributed by atoms with Gasteiger partial charge in [0.2, 0.25) is 11.4 Å². The molecular weight excluding hydrogens is 851 g/mol. The van der Waals surface area contributed by atoms with Crippen molar-refractivity contribution in [3.8, 4) is 11.5 Å². The van der Waals surface area contributed by atoms with Crippen molar-refractivity contribution in [3.63, 3.8) is 0 Å². The molecule has 6 aromatic heterocycles. The van der Waals surface area contributed by atoms with Crippen LogP contribution in [0.4, 0.5) is 20.4 Å². The van der Waals surface area contributed by atoms with E-state index in [1.165, 1.54) is 24.3 Å². The van der Waals surface area contributed by atoms with Crippen LogP contribution in [0, 0.1) is 11.6 Å². The molecule has 2 aromatic carbocycles. The number of aliphatic imine (C=N–C) groups is 2. The maximum absolute atomic E-state index is 13.8. The number of anilines is 2. The average Bonchev–Trinajstić information content (AvgIpc) is 4.15. The summed E-state index contributed by atoms with van der Waals surface area (Å²) in [6, 6.07) is 23.1. The van der Waals surface area contributed by atoms with Gasteiger partial charge in [-0.15, -0.1) is 0 Å². The Morgan fingerprint density at radius 1 is 0.621 bits per heavy atom. The Labute approximate surface area is 376 Å². The topological polar surface area (TPSA) is 196 Å². The zero-order chi connectivity index (χ0) is 46.0. The van der Waals surface area contributed by atoms with Gasteiger partial charge in [-0.3, -0.25) is 9.97 Å². The molecule has 0 fully saturated rings. The summed E-state index contributed by atoms with van der Waals surface area (Å²) in [7, 11) is 3.12. The van der Waals surface area contributed by atoms with Crippen LogP contribution in [0.2, 0.25) is 0 Å². The van der Waals surface area contributed by atoms with E-state index >= 15 is 0 Å². The maximum atomic E-state index is 13.8. The number of rotatable bonds is 12. The van der Waals surface area contributed by atoms with Crippen molar-refractivity contribution in [3.05, 3.63) is 167 Å². The van der Waals surface area contributed by atoms with Crippen LogP contribution >= 0.6 is 0 Å². The number of nitrogens with zero attached hydrogens (tertiary/aromatic N) is 10. The molecule has 20 heteroatoms. The lowest BCUT2D eigenvalue weighted by Gasteiger charge is -2.18. The van der Waals surface area contributed by atoms with E-state index in [1.54, 1.807) is 84.7 Å². The summed E-state index contributed by atoms with van der Waals surface area (Å²) in [5.74, 6) is 2.72. The highest BCUT2D eigenvalue weighted by Gasteiger charge is 2.37. The molecule has 0 bridgehead atoms. The standard InChI is InChI=1S/2C23H22FN7O2/c2*1-14(16-12-15(24)7-8-18(16)32-3)27-20-9-11-31-22(28-20)17(13-26-31)21-29-23(2,33-30-21)19-6-4-5-10-25-19/h2*4-14H,1-3H3,(H,27,28)(H,29,30)/t14-,23+;14-,23-/m11/s1. The zero-order valence-electron chi connectivity index (χ0n) is 36.6. The summed E-state index contributed by atoms with van der Waals surface area (Å²) in [5, 5.41) is 15.3. The maximum Gasteiger partial charge on any atom is 0.226 e. The minimum Gasteiger partial charge on any atom is -0.496 e. The van der Waals surface area contributed by atoms with Crippen molar-refractivity contribution in [1.29, 1.82) is 0 Å². The number of hydrogen-bond acceptors (Lipinski definition) is 16. The van der Waals surface area contributed by atoms with Crippen molar-refractivity contribution in [2.24, 2.45) is 9.98 Å². The molecule has 66 heavy (non-hydrogen) atoms. The number of aromatic nitrogens is 8. The van der Waals surface area contributed by atoms with Crippen LogP contribution < -0.4 is 31.1 Å². The highest BCUT2D eigenvalue weighted by atomic mass is 19.1. The average molecular weight is 895 g/mol. The summed E-state index contributed by atoms with van der Waals surface area (Å²) in [6.45, 7) is 7.48. The van der Waals surface area contributed by atoms with Crippen LogP contribution in [0.3, 0.4) is 0 Å². The monoisotopic (exact) mass is 894 g/mol. The third kappa shape index (κ3) is 8.61. The summed E-state index contributed by atoms with van der Waals surface area (Å²) >= 11 is 0. The lowest BCUT2D eigenvalue weighted by molar-refractivity contribution is -0.0483. The van der Waals surface area contributed by atoms with E-state index in [0.29, 0.717) is 79.7 Å². The first-order valence-corrected chi connectivity index (χ1v) is 20.7. The third-order valence-electron chi connectivity index (χ3n) is 10.9. The molecule has 0 radical (unpaired) electrons. The molecule has 0 unspecified atom stereocenters. The Morgan fingerprint density at radius 3 is 1.45 bits per heavy atom. The molecule has 0 amide bonds. The summed E-state index contributed by atoms with van der Waals surface area (Å²) in [6.07, 6.45) is 10.3. The Kier molecular flexibility index (Phi) is 11.7. The van der Waals surface area contributed by atoms with Gasteiger partial charge in [0.1, 0.15) is 34.8 Å². The quantitative estimate of drug-likeness (QED) is 0.0961. The smallest absolute Gasteiger partial charge is 0.226 e. The number of nitrogens with one attached hydrogen (secondary N) is 4. The normalized spacial score (nSPS) is 18.6. The van der Waals surface area contributed by atoms with Crippen molar-refractivity contribution in [1.82, 2.24) is 50.1 Å². The van der Waals surface area contributed by atoms with Crippen LogP contribution in [0.25, 0.3) is 11.3 Å². The number of ether oxygens (including phenoxy) is 2. The van der Waals surface area contributed by atoms with Gasteiger partial charge in [-0.25, -0.2) is 58.4 Å². The highest BCUT2D eigenvalue weighted by molar-refractivity contribution is 6.04. The molecule has 8 heterocycles. The van der Waals surface area contributed by atoms with E-state index < -0.39 is 11.4 Å². The number of fused-ring (bicyclic) bond motifs is 2. The van der Waals surface area contributed by atoms with E-state index in [4.69, 9.17) is 39.1 Å². The van der Waals surface area contributed by atoms with Crippen molar-refractivity contribution in [2.45, 2.75) is 51.2 Å². The van der Waals surface area contributed by atoms with Gasteiger partial charge in [-0.2, -0.15) is 10.2 Å². The third-order valence-corrected chi connectivity index (χ3v) is 10.9. The first kappa shape index (κ1) is 43.2. The fourth-order valence-corrected chi connectivity index (χ4v) is 7.46. The van der Waals surface area contributed by atoms with E-state index in [9.17, 15) is 8.78 Å². The highest BCUT2D eigenvalue weighted by Crippen LogP contribution is 2.33. The molecule has 8 aromatic rings. The van der Waals surface area contributed by atoms with Crippen LogP contribution in [0.15, 0.2) is 132 Å². The van der Waals surface area contributed by atoms with Gasteiger partial charge in [0.25, 0.3) is 0 Å². The molecule has 18 nitrogen and oxygen atoms in total. The predicted octanol–water partition coefficient (Wildman–Crippen LogP) is 7.20. The van der Waals surface area contributed by atoms with Crippen molar-refractivity contribution < 1.29 is 27.9 Å². The Bertz CT molecular complexity index is 2890. The largest absolute Gasteiger partial charge is 0.496 e. The van der Waals surface area contributed by atoms with E-state index in [2.05, 4.69) is 41.8 Å². The number of hydrogen-bond donors (Lipinski definition) is 4. The number of methoxy groups -OCH3 is 2. The van der Waals surface area contributed by atoms with Gasteiger partial charge < -0.3 is 20.1 Å². The second-order valence-electron chi connectivity index (χ2n) is 15.5. The molecular formula is C46H44F2N14O4. The van der Waals surface area contributed by atoms with E-state index in [0.717, 1.165) is 0 Å². The van der Waals surface area contributed by atoms with Gasteiger partial charge >= 0.3 is 0 Å². The zero-order valence-corrected chi connectivity index (χ0v) is 36.6. The van der Waals surface area contributed by atoms with Crippen LogP contribution in [-0.4, -0.2) is 65.1 Å². The minimum atomic E-state index is -0.969. The first-order valence-electron chi connectivity index (χ1n) is 20.7.